The normalized spacial score (nSPS) is 13.7. The molecule has 96 valence electrons. The van der Waals surface area contributed by atoms with Crippen molar-refractivity contribution >= 4 is 22.6 Å². The molecule has 0 heterocycles. The zero-order valence-electron chi connectivity index (χ0n) is 9.52. The Bertz CT molecular complexity index is 352. The minimum Gasteiger partial charge on any atom is -0.313 e. The Labute approximate surface area is 113 Å². The minimum absolute atomic E-state index is 0.00735. The van der Waals surface area contributed by atoms with Gasteiger partial charge in [0.2, 0.25) is 0 Å². The van der Waals surface area contributed by atoms with Gasteiger partial charge in [0, 0.05) is 16.0 Å². The van der Waals surface area contributed by atoms with Crippen LogP contribution in [0.5, 0.6) is 0 Å². The molecule has 0 spiro atoms. The third kappa shape index (κ3) is 5.72. The molecule has 17 heavy (non-hydrogen) atoms. The van der Waals surface area contributed by atoms with Gasteiger partial charge < -0.3 is 5.32 Å². The zero-order valence-corrected chi connectivity index (χ0v) is 11.7. The average molecular weight is 357 g/mol. The summed E-state index contributed by atoms with van der Waals surface area (Å²) in [5.74, 6) is 0. The fourth-order valence-corrected chi connectivity index (χ4v) is 2.27. The Balaban J connectivity index is 2.54. The number of hydrogen-bond donors (Lipinski definition) is 1. The van der Waals surface area contributed by atoms with Crippen molar-refractivity contribution in [2.45, 2.75) is 31.5 Å². The smallest absolute Gasteiger partial charge is 0.313 e. The predicted molar refractivity (Wildman–Crippen MR) is 70.9 cm³/mol. The molecule has 0 fully saturated rings. The van der Waals surface area contributed by atoms with Gasteiger partial charge in [0.25, 0.3) is 0 Å². The number of alkyl halides is 3. The van der Waals surface area contributed by atoms with Crippen molar-refractivity contribution < 1.29 is 13.2 Å². The van der Waals surface area contributed by atoms with Gasteiger partial charge >= 0.3 is 6.18 Å². The summed E-state index contributed by atoms with van der Waals surface area (Å²) < 4.78 is 37.3. The summed E-state index contributed by atoms with van der Waals surface area (Å²) in [5.41, 5.74) is 1.04. The van der Waals surface area contributed by atoms with Gasteiger partial charge in [0.1, 0.15) is 0 Å². The van der Waals surface area contributed by atoms with Gasteiger partial charge in [0.15, 0.2) is 0 Å². The highest BCUT2D eigenvalue weighted by Crippen LogP contribution is 2.26. The van der Waals surface area contributed by atoms with Crippen LogP contribution < -0.4 is 5.32 Å². The summed E-state index contributed by atoms with van der Waals surface area (Å²) in [4.78, 5) is 0. The van der Waals surface area contributed by atoms with Gasteiger partial charge in [0.05, 0.1) is 0 Å². The van der Waals surface area contributed by atoms with E-state index in [4.69, 9.17) is 0 Å². The molecular formula is C12H15F3IN. The lowest BCUT2D eigenvalue weighted by molar-refractivity contribution is -0.135. The molecule has 0 aliphatic rings. The van der Waals surface area contributed by atoms with Crippen molar-refractivity contribution in [3.8, 4) is 0 Å². The predicted octanol–water partition coefficient (Wildman–Crippen LogP) is 4.28. The second-order valence-electron chi connectivity index (χ2n) is 3.90. The van der Waals surface area contributed by atoms with Crippen molar-refractivity contribution in [1.82, 2.24) is 5.32 Å². The highest BCUT2D eigenvalue weighted by atomic mass is 127. The van der Waals surface area contributed by atoms with Crippen LogP contribution in [0, 0.1) is 3.57 Å². The Kier molecular flexibility index (Phi) is 5.72. The molecule has 0 saturated heterocycles. The Hall–Kier alpha value is -0.300. The molecule has 0 amide bonds. The van der Waals surface area contributed by atoms with E-state index in [1.54, 1.807) is 7.05 Å². The molecule has 1 unspecified atom stereocenters. The summed E-state index contributed by atoms with van der Waals surface area (Å²) in [6.07, 6.45) is -4.12. The molecule has 1 rings (SSSR count). The molecule has 0 aliphatic heterocycles. The lowest BCUT2D eigenvalue weighted by Gasteiger charge is -2.17. The van der Waals surface area contributed by atoms with Crippen LogP contribution >= 0.6 is 22.6 Å². The maximum absolute atomic E-state index is 12.1. The van der Waals surface area contributed by atoms with Gasteiger partial charge in [-0.25, -0.2) is 0 Å². The van der Waals surface area contributed by atoms with E-state index >= 15 is 0 Å². The van der Waals surface area contributed by atoms with E-state index in [1.807, 2.05) is 24.3 Å². The second-order valence-corrected chi connectivity index (χ2v) is 5.15. The number of nitrogens with one attached hydrogen (secondary N) is 1. The summed E-state index contributed by atoms with van der Waals surface area (Å²) in [6, 6.07) is 7.82. The fraction of sp³-hybridized carbons (Fsp3) is 0.500. The van der Waals surface area contributed by atoms with Crippen molar-refractivity contribution in [2.75, 3.05) is 7.05 Å². The van der Waals surface area contributed by atoms with Crippen molar-refractivity contribution in [1.29, 1.82) is 0 Å². The van der Waals surface area contributed by atoms with Crippen LogP contribution in [-0.4, -0.2) is 13.2 Å². The standard InChI is InChI=1S/C12H15F3IN/c1-17-11(6-3-7-12(13,14)15)9-4-2-5-10(16)8-9/h2,4-5,8,11,17H,3,6-7H2,1H3. The number of halogens is 4. The topological polar surface area (TPSA) is 12.0 Å². The summed E-state index contributed by atoms with van der Waals surface area (Å²) >= 11 is 2.20. The Morgan fingerprint density at radius 2 is 2.06 bits per heavy atom. The summed E-state index contributed by atoms with van der Waals surface area (Å²) in [7, 11) is 1.78. The van der Waals surface area contributed by atoms with Crippen LogP contribution in [0.2, 0.25) is 0 Å². The maximum Gasteiger partial charge on any atom is 0.389 e. The number of rotatable bonds is 5. The Morgan fingerprint density at radius 3 is 2.59 bits per heavy atom. The molecule has 5 heteroatoms. The zero-order chi connectivity index (χ0) is 12.9. The van der Waals surface area contributed by atoms with Gasteiger partial charge in [-0.05, 0) is 60.2 Å². The van der Waals surface area contributed by atoms with Gasteiger partial charge in [-0.1, -0.05) is 12.1 Å². The molecule has 1 aromatic carbocycles. The summed E-state index contributed by atoms with van der Waals surface area (Å²) in [6.45, 7) is 0. The van der Waals surface area contributed by atoms with Gasteiger partial charge in [-0.3, -0.25) is 0 Å². The van der Waals surface area contributed by atoms with Crippen LogP contribution in [0.4, 0.5) is 13.2 Å². The van der Waals surface area contributed by atoms with Crippen LogP contribution in [0.1, 0.15) is 30.9 Å². The molecule has 0 aromatic heterocycles. The average Bonchev–Trinajstić information content (AvgIpc) is 2.23. The first-order valence-corrected chi connectivity index (χ1v) is 6.50. The molecule has 0 aliphatic carbocycles. The molecule has 0 saturated carbocycles. The maximum atomic E-state index is 12.1. The molecule has 1 atom stereocenters. The van der Waals surface area contributed by atoms with E-state index in [1.165, 1.54) is 0 Å². The van der Waals surface area contributed by atoms with Crippen LogP contribution in [0.15, 0.2) is 24.3 Å². The first-order chi connectivity index (χ1) is 7.92. The lowest BCUT2D eigenvalue weighted by Crippen LogP contribution is -2.17. The largest absolute Gasteiger partial charge is 0.389 e. The van der Waals surface area contributed by atoms with E-state index in [0.29, 0.717) is 6.42 Å². The molecule has 0 bridgehead atoms. The quantitative estimate of drug-likeness (QED) is 0.776. The van der Waals surface area contributed by atoms with Crippen molar-refractivity contribution in [3.63, 3.8) is 0 Å². The molecule has 1 aromatic rings. The fourth-order valence-electron chi connectivity index (χ4n) is 1.71. The first-order valence-electron chi connectivity index (χ1n) is 5.42. The van der Waals surface area contributed by atoms with Crippen LogP contribution in [0.25, 0.3) is 0 Å². The Morgan fingerprint density at radius 1 is 1.35 bits per heavy atom. The molecule has 0 radical (unpaired) electrons. The highest BCUT2D eigenvalue weighted by Gasteiger charge is 2.26. The van der Waals surface area contributed by atoms with E-state index in [0.717, 1.165) is 9.13 Å². The molecule has 1 N–H and O–H groups in total. The summed E-state index contributed by atoms with van der Waals surface area (Å²) in [5, 5.41) is 3.06. The molecular weight excluding hydrogens is 342 g/mol. The second kappa shape index (κ2) is 6.58. The van der Waals surface area contributed by atoms with Gasteiger partial charge in [-0.15, -0.1) is 0 Å². The lowest BCUT2D eigenvalue weighted by atomic mass is 10.0. The number of benzene rings is 1. The number of hydrogen-bond acceptors (Lipinski definition) is 1. The van der Waals surface area contributed by atoms with Gasteiger partial charge in [-0.2, -0.15) is 13.2 Å². The highest BCUT2D eigenvalue weighted by molar-refractivity contribution is 14.1. The van der Waals surface area contributed by atoms with E-state index in [9.17, 15) is 13.2 Å². The van der Waals surface area contributed by atoms with Crippen molar-refractivity contribution in [3.05, 3.63) is 33.4 Å². The molecule has 1 nitrogen and oxygen atoms in total. The van der Waals surface area contributed by atoms with E-state index in [2.05, 4.69) is 27.9 Å². The SMILES string of the molecule is CNC(CCCC(F)(F)F)c1cccc(I)c1. The van der Waals surface area contributed by atoms with Crippen LogP contribution in [-0.2, 0) is 0 Å². The minimum atomic E-state index is -4.05. The van der Waals surface area contributed by atoms with Crippen LogP contribution in [0.3, 0.4) is 0 Å². The van der Waals surface area contributed by atoms with Crippen molar-refractivity contribution in [2.24, 2.45) is 0 Å². The monoisotopic (exact) mass is 357 g/mol. The first kappa shape index (κ1) is 14.8. The van der Waals surface area contributed by atoms with E-state index in [-0.39, 0.29) is 12.5 Å². The third-order valence-electron chi connectivity index (χ3n) is 2.55. The van der Waals surface area contributed by atoms with E-state index < -0.39 is 12.6 Å². The third-order valence-corrected chi connectivity index (χ3v) is 3.22.